The lowest BCUT2D eigenvalue weighted by Crippen LogP contribution is -2.12. The highest BCUT2D eigenvalue weighted by atomic mass is 19.4. The molecule has 0 saturated heterocycles. The van der Waals surface area contributed by atoms with E-state index in [9.17, 15) is 13.2 Å². The van der Waals surface area contributed by atoms with E-state index in [1.165, 1.54) is 6.07 Å². The average molecular weight is 332 g/mol. The summed E-state index contributed by atoms with van der Waals surface area (Å²) in [6.45, 7) is 1.05. The Morgan fingerprint density at radius 2 is 1.83 bits per heavy atom. The number of rotatable bonds is 5. The van der Waals surface area contributed by atoms with Crippen LogP contribution in [0.2, 0.25) is 0 Å². The highest BCUT2D eigenvalue weighted by molar-refractivity contribution is 5.58. The number of nitrogens with one attached hydrogen (secondary N) is 1. The summed E-state index contributed by atoms with van der Waals surface area (Å²) < 4.78 is 43.9. The van der Waals surface area contributed by atoms with Crippen molar-refractivity contribution in [3.05, 3.63) is 77.8 Å². The molecule has 3 rings (SSSR count). The Morgan fingerprint density at radius 3 is 2.58 bits per heavy atom. The fourth-order valence-electron chi connectivity index (χ4n) is 2.29. The standard InChI is InChI=1S/C18H15F3N2O/c19-18(20,21)14-5-3-4-13(10-14)17-8-7-16(24-17)12-22-11-15-6-1-2-9-23-15/h1-10,22H,11-12H2. The fraction of sp³-hybridized carbons (Fsp3) is 0.167. The van der Waals surface area contributed by atoms with Gasteiger partial charge in [-0.3, -0.25) is 4.98 Å². The zero-order chi connectivity index (χ0) is 17.0. The van der Waals surface area contributed by atoms with Crippen molar-refractivity contribution >= 4 is 0 Å². The van der Waals surface area contributed by atoms with Gasteiger partial charge in [-0.05, 0) is 36.4 Å². The Morgan fingerprint density at radius 1 is 0.958 bits per heavy atom. The highest BCUT2D eigenvalue weighted by Crippen LogP contribution is 2.32. The maximum atomic E-state index is 12.8. The monoisotopic (exact) mass is 332 g/mol. The van der Waals surface area contributed by atoms with Crippen LogP contribution < -0.4 is 5.32 Å². The molecule has 0 radical (unpaired) electrons. The number of aromatic nitrogens is 1. The number of nitrogens with zero attached hydrogens (tertiary/aromatic N) is 1. The van der Waals surface area contributed by atoms with E-state index < -0.39 is 11.7 Å². The molecule has 0 aliphatic heterocycles. The zero-order valence-electron chi connectivity index (χ0n) is 12.7. The molecule has 0 amide bonds. The van der Waals surface area contributed by atoms with Crippen molar-refractivity contribution in [2.45, 2.75) is 19.3 Å². The van der Waals surface area contributed by atoms with Crippen molar-refractivity contribution in [3.8, 4) is 11.3 Å². The molecule has 0 atom stereocenters. The lowest BCUT2D eigenvalue weighted by molar-refractivity contribution is -0.137. The smallest absolute Gasteiger partial charge is 0.416 e. The zero-order valence-corrected chi connectivity index (χ0v) is 12.7. The molecule has 24 heavy (non-hydrogen) atoms. The summed E-state index contributed by atoms with van der Waals surface area (Å²) in [5.41, 5.74) is 0.620. The minimum Gasteiger partial charge on any atom is -0.460 e. The van der Waals surface area contributed by atoms with Crippen molar-refractivity contribution in [2.75, 3.05) is 0 Å². The van der Waals surface area contributed by atoms with Gasteiger partial charge in [-0.15, -0.1) is 0 Å². The predicted octanol–water partition coefficient (Wildman–Crippen LogP) is 4.65. The lowest BCUT2D eigenvalue weighted by Gasteiger charge is -2.07. The molecule has 124 valence electrons. The third kappa shape index (κ3) is 4.02. The van der Waals surface area contributed by atoms with Crippen LogP contribution in [-0.2, 0) is 19.3 Å². The first-order valence-corrected chi connectivity index (χ1v) is 7.39. The van der Waals surface area contributed by atoms with Crippen LogP contribution in [0.1, 0.15) is 17.0 Å². The molecule has 0 saturated carbocycles. The minimum atomic E-state index is -4.37. The molecule has 0 fully saturated rings. The Hall–Kier alpha value is -2.60. The van der Waals surface area contributed by atoms with Gasteiger partial charge in [-0.2, -0.15) is 13.2 Å². The molecular weight excluding hydrogens is 317 g/mol. The number of furan rings is 1. The van der Waals surface area contributed by atoms with Gasteiger partial charge in [0.1, 0.15) is 11.5 Å². The first-order valence-electron chi connectivity index (χ1n) is 7.39. The number of hydrogen-bond acceptors (Lipinski definition) is 3. The molecule has 1 aromatic carbocycles. The molecule has 0 bridgehead atoms. The quantitative estimate of drug-likeness (QED) is 0.739. The van der Waals surface area contributed by atoms with Gasteiger partial charge in [0.05, 0.1) is 17.8 Å². The second-order valence-electron chi connectivity index (χ2n) is 5.27. The van der Waals surface area contributed by atoms with E-state index in [-0.39, 0.29) is 0 Å². The van der Waals surface area contributed by atoms with Crippen LogP contribution >= 0.6 is 0 Å². The Kier molecular flexibility index (Phi) is 4.66. The van der Waals surface area contributed by atoms with Gasteiger partial charge in [0.2, 0.25) is 0 Å². The molecule has 2 aromatic heterocycles. The second-order valence-corrected chi connectivity index (χ2v) is 5.27. The average Bonchev–Trinajstić information content (AvgIpc) is 3.04. The predicted molar refractivity (Wildman–Crippen MR) is 83.9 cm³/mol. The van der Waals surface area contributed by atoms with Crippen LogP contribution in [0.25, 0.3) is 11.3 Å². The van der Waals surface area contributed by atoms with Gasteiger partial charge in [0.25, 0.3) is 0 Å². The third-order valence-corrected chi connectivity index (χ3v) is 3.47. The van der Waals surface area contributed by atoms with E-state index in [1.807, 2.05) is 18.2 Å². The number of benzene rings is 1. The Labute approximate surface area is 137 Å². The molecule has 3 aromatic rings. The highest BCUT2D eigenvalue weighted by Gasteiger charge is 2.30. The van der Waals surface area contributed by atoms with E-state index >= 15 is 0 Å². The van der Waals surface area contributed by atoms with E-state index in [1.54, 1.807) is 24.4 Å². The van der Waals surface area contributed by atoms with E-state index in [2.05, 4.69) is 10.3 Å². The van der Waals surface area contributed by atoms with Gasteiger partial charge in [-0.25, -0.2) is 0 Å². The first kappa shape index (κ1) is 16.3. The Bertz CT molecular complexity index is 797. The van der Waals surface area contributed by atoms with Crippen LogP contribution in [-0.4, -0.2) is 4.98 Å². The lowest BCUT2D eigenvalue weighted by atomic mass is 10.1. The summed E-state index contributed by atoms with van der Waals surface area (Å²) in [5.74, 6) is 1.06. The summed E-state index contributed by atoms with van der Waals surface area (Å²) in [7, 11) is 0. The van der Waals surface area contributed by atoms with Gasteiger partial charge < -0.3 is 9.73 Å². The van der Waals surface area contributed by atoms with Crippen molar-refractivity contribution in [2.24, 2.45) is 0 Å². The summed E-state index contributed by atoms with van der Waals surface area (Å²) in [6, 6.07) is 14.2. The summed E-state index contributed by atoms with van der Waals surface area (Å²) in [5, 5.41) is 3.18. The number of alkyl halides is 3. The van der Waals surface area contributed by atoms with Crippen LogP contribution in [0.5, 0.6) is 0 Å². The molecule has 3 nitrogen and oxygen atoms in total. The van der Waals surface area contributed by atoms with Crippen molar-refractivity contribution in [3.63, 3.8) is 0 Å². The van der Waals surface area contributed by atoms with E-state index in [4.69, 9.17) is 4.42 Å². The topological polar surface area (TPSA) is 38.1 Å². The third-order valence-electron chi connectivity index (χ3n) is 3.47. The van der Waals surface area contributed by atoms with Gasteiger partial charge in [-0.1, -0.05) is 18.2 Å². The molecule has 6 heteroatoms. The van der Waals surface area contributed by atoms with E-state index in [0.717, 1.165) is 17.8 Å². The number of pyridine rings is 1. The maximum Gasteiger partial charge on any atom is 0.416 e. The molecular formula is C18H15F3N2O. The number of hydrogen-bond donors (Lipinski definition) is 1. The van der Waals surface area contributed by atoms with Crippen molar-refractivity contribution < 1.29 is 17.6 Å². The second kappa shape index (κ2) is 6.88. The largest absolute Gasteiger partial charge is 0.460 e. The maximum absolute atomic E-state index is 12.8. The summed E-state index contributed by atoms with van der Waals surface area (Å²) in [4.78, 5) is 4.20. The first-order chi connectivity index (χ1) is 11.5. The van der Waals surface area contributed by atoms with E-state index in [0.29, 0.717) is 30.2 Å². The molecule has 0 unspecified atom stereocenters. The minimum absolute atomic E-state index is 0.404. The molecule has 0 aliphatic rings. The Balaban J connectivity index is 1.65. The molecule has 1 N–H and O–H groups in total. The number of halogens is 3. The van der Waals surface area contributed by atoms with Crippen LogP contribution in [0.4, 0.5) is 13.2 Å². The molecule has 0 spiro atoms. The van der Waals surface area contributed by atoms with Crippen LogP contribution in [0, 0.1) is 0 Å². The summed E-state index contributed by atoms with van der Waals surface area (Å²) in [6.07, 6.45) is -2.65. The van der Waals surface area contributed by atoms with Gasteiger partial charge in [0, 0.05) is 18.3 Å². The SMILES string of the molecule is FC(F)(F)c1cccc(-c2ccc(CNCc3ccccn3)o2)c1. The molecule has 0 aliphatic carbocycles. The van der Waals surface area contributed by atoms with Gasteiger partial charge >= 0.3 is 6.18 Å². The van der Waals surface area contributed by atoms with Crippen LogP contribution in [0.3, 0.4) is 0 Å². The molecule has 2 heterocycles. The summed E-state index contributed by atoms with van der Waals surface area (Å²) >= 11 is 0. The normalized spacial score (nSPS) is 11.6. The van der Waals surface area contributed by atoms with Crippen molar-refractivity contribution in [1.82, 2.24) is 10.3 Å². The van der Waals surface area contributed by atoms with Crippen molar-refractivity contribution in [1.29, 1.82) is 0 Å². The van der Waals surface area contributed by atoms with Crippen LogP contribution in [0.15, 0.2) is 65.2 Å². The van der Waals surface area contributed by atoms with Gasteiger partial charge in [0.15, 0.2) is 0 Å². The fourth-order valence-corrected chi connectivity index (χ4v) is 2.29.